The molecule has 0 fully saturated rings. The summed E-state index contributed by atoms with van der Waals surface area (Å²) in [5, 5.41) is 4.21. The van der Waals surface area contributed by atoms with Crippen LogP contribution in [0.4, 0.5) is 11.4 Å². The van der Waals surface area contributed by atoms with Gasteiger partial charge in [-0.3, -0.25) is 9.40 Å². The molecule has 0 saturated heterocycles. The second-order valence-corrected chi connectivity index (χ2v) is 7.11. The van der Waals surface area contributed by atoms with Gasteiger partial charge in [0.25, 0.3) is 10.0 Å². The predicted molar refractivity (Wildman–Crippen MR) is 84.0 cm³/mol. The number of aromatic nitrogens is 2. The molecule has 0 aliphatic heterocycles. The van der Waals surface area contributed by atoms with Crippen LogP contribution >= 0.6 is 11.6 Å². The number of halogens is 1. The average molecular weight is 329 g/mol. The van der Waals surface area contributed by atoms with Crippen LogP contribution in [0.1, 0.15) is 25.5 Å². The summed E-state index contributed by atoms with van der Waals surface area (Å²) in [7, 11) is -3.81. The molecule has 1 aromatic heterocycles. The summed E-state index contributed by atoms with van der Waals surface area (Å²) in [6.45, 7) is 5.66. The minimum atomic E-state index is -3.81. The Kier molecular flexibility index (Phi) is 4.15. The molecule has 0 spiro atoms. The molecule has 2 aromatic rings. The molecule has 0 aliphatic carbocycles. The highest BCUT2D eigenvalue weighted by atomic mass is 35.5. The van der Waals surface area contributed by atoms with Crippen LogP contribution in [0, 0.1) is 6.92 Å². The van der Waals surface area contributed by atoms with E-state index in [9.17, 15) is 8.42 Å². The lowest BCUT2D eigenvalue weighted by atomic mass is 10.2. The number of sulfonamides is 1. The highest BCUT2D eigenvalue weighted by molar-refractivity contribution is 7.92. The van der Waals surface area contributed by atoms with E-state index in [4.69, 9.17) is 17.3 Å². The minimum absolute atomic E-state index is 0.0513. The largest absolute Gasteiger partial charge is 0.398 e. The molecule has 2 rings (SSSR count). The van der Waals surface area contributed by atoms with Crippen LogP contribution in [0.3, 0.4) is 0 Å². The van der Waals surface area contributed by atoms with E-state index < -0.39 is 10.0 Å². The normalized spacial score (nSPS) is 11.9. The first-order chi connectivity index (χ1) is 9.70. The Morgan fingerprint density at radius 1 is 1.38 bits per heavy atom. The fourth-order valence-electron chi connectivity index (χ4n) is 1.76. The number of nitrogens with zero attached hydrogens (tertiary/aromatic N) is 2. The number of aryl methyl sites for hydroxylation is 1. The zero-order valence-electron chi connectivity index (χ0n) is 12.0. The summed E-state index contributed by atoms with van der Waals surface area (Å²) in [5.41, 5.74) is 7.23. The van der Waals surface area contributed by atoms with Gasteiger partial charge >= 0.3 is 0 Å². The molecule has 0 radical (unpaired) electrons. The van der Waals surface area contributed by atoms with Crippen molar-refractivity contribution in [2.24, 2.45) is 0 Å². The SMILES string of the molecule is Cc1cc(Cl)c(S(=O)(=O)Nc2cnn(C(C)C)c2)cc1N. The molecule has 1 heterocycles. The molecule has 0 saturated carbocycles. The van der Waals surface area contributed by atoms with E-state index in [0.29, 0.717) is 11.4 Å². The van der Waals surface area contributed by atoms with Crippen molar-refractivity contribution in [2.75, 3.05) is 10.5 Å². The maximum absolute atomic E-state index is 12.4. The van der Waals surface area contributed by atoms with Gasteiger partial charge in [-0.25, -0.2) is 8.42 Å². The third kappa shape index (κ3) is 3.30. The monoisotopic (exact) mass is 328 g/mol. The van der Waals surface area contributed by atoms with Crippen LogP contribution < -0.4 is 10.5 Å². The third-order valence-electron chi connectivity index (χ3n) is 2.99. The Labute approximate surface area is 129 Å². The predicted octanol–water partition coefficient (Wildman–Crippen LogP) is 2.81. The number of nitrogens with one attached hydrogen (secondary N) is 1. The quantitative estimate of drug-likeness (QED) is 0.844. The van der Waals surface area contributed by atoms with Gasteiger partial charge in [-0.1, -0.05) is 11.6 Å². The Hall–Kier alpha value is -1.73. The Bertz CT molecular complexity index is 768. The molecule has 114 valence electrons. The number of benzene rings is 1. The van der Waals surface area contributed by atoms with Gasteiger partial charge in [0.15, 0.2) is 0 Å². The number of hydrogen-bond acceptors (Lipinski definition) is 4. The van der Waals surface area contributed by atoms with E-state index in [-0.39, 0.29) is 16.0 Å². The van der Waals surface area contributed by atoms with Gasteiger partial charge in [0.2, 0.25) is 0 Å². The van der Waals surface area contributed by atoms with Gasteiger partial charge in [-0.2, -0.15) is 5.10 Å². The molecule has 21 heavy (non-hydrogen) atoms. The maximum Gasteiger partial charge on any atom is 0.263 e. The van der Waals surface area contributed by atoms with Crippen molar-refractivity contribution in [1.29, 1.82) is 0 Å². The third-order valence-corrected chi connectivity index (χ3v) is 4.84. The fraction of sp³-hybridized carbons (Fsp3) is 0.308. The van der Waals surface area contributed by atoms with Gasteiger partial charge in [-0.15, -0.1) is 0 Å². The molecular formula is C13H17ClN4O2S. The van der Waals surface area contributed by atoms with Crippen molar-refractivity contribution in [3.63, 3.8) is 0 Å². The van der Waals surface area contributed by atoms with Crippen LogP contribution in [-0.4, -0.2) is 18.2 Å². The Balaban J connectivity index is 2.36. The molecule has 8 heteroatoms. The van der Waals surface area contributed by atoms with Crippen molar-refractivity contribution in [3.05, 3.63) is 35.1 Å². The van der Waals surface area contributed by atoms with E-state index in [1.165, 1.54) is 18.3 Å². The molecule has 0 amide bonds. The van der Waals surface area contributed by atoms with E-state index in [0.717, 1.165) is 5.56 Å². The van der Waals surface area contributed by atoms with Crippen LogP contribution in [0.2, 0.25) is 5.02 Å². The van der Waals surface area contributed by atoms with E-state index in [2.05, 4.69) is 9.82 Å². The number of nitrogens with two attached hydrogens (primary N) is 1. The molecule has 1 aromatic carbocycles. The molecule has 0 atom stereocenters. The maximum atomic E-state index is 12.4. The molecule has 0 unspecified atom stereocenters. The minimum Gasteiger partial charge on any atom is -0.398 e. The molecule has 0 aliphatic rings. The Morgan fingerprint density at radius 2 is 2.05 bits per heavy atom. The molecular weight excluding hydrogens is 312 g/mol. The highest BCUT2D eigenvalue weighted by Gasteiger charge is 2.20. The standard InChI is InChI=1S/C13H17ClN4O2S/c1-8(2)18-7-10(6-16-18)17-21(19,20)13-5-12(15)9(3)4-11(13)14/h4-8,17H,15H2,1-3H3. The van der Waals surface area contributed by atoms with E-state index in [1.807, 2.05) is 13.8 Å². The zero-order chi connectivity index (χ0) is 15.8. The number of hydrogen-bond donors (Lipinski definition) is 2. The Morgan fingerprint density at radius 3 is 2.62 bits per heavy atom. The second-order valence-electron chi connectivity index (χ2n) is 5.05. The number of rotatable bonds is 4. The lowest BCUT2D eigenvalue weighted by Gasteiger charge is -2.10. The average Bonchev–Trinajstić information content (AvgIpc) is 2.81. The molecule has 6 nitrogen and oxygen atoms in total. The summed E-state index contributed by atoms with van der Waals surface area (Å²) in [4.78, 5) is -0.0513. The first-order valence-corrected chi connectivity index (χ1v) is 8.19. The van der Waals surface area contributed by atoms with Crippen molar-refractivity contribution in [1.82, 2.24) is 9.78 Å². The van der Waals surface area contributed by atoms with Gasteiger partial charge in [-0.05, 0) is 38.5 Å². The topological polar surface area (TPSA) is 90.0 Å². The summed E-state index contributed by atoms with van der Waals surface area (Å²) >= 11 is 6.01. The van der Waals surface area contributed by atoms with Gasteiger partial charge in [0, 0.05) is 17.9 Å². The van der Waals surface area contributed by atoms with E-state index in [1.54, 1.807) is 17.8 Å². The zero-order valence-corrected chi connectivity index (χ0v) is 13.5. The van der Waals surface area contributed by atoms with Crippen LogP contribution in [0.15, 0.2) is 29.4 Å². The highest BCUT2D eigenvalue weighted by Crippen LogP contribution is 2.28. The molecule has 3 N–H and O–H groups in total. The van der Waals surface area contributed by atoms with Crippen LogP contribution in [-0.2, 0) is 10.0 Å². The number of anilines is 2. The first kappa shape index (κ1) is 15.7. The van der Waals surface area contributed by atoms with Crippen molar-refractivity contribution < 1.29 is 8.42 Å². The van der Waals surface area contributed by atoms with Gasteiger partial charge in [0.1, 0.15) is 4.90 Å². The smallest absolute Gasteiger partial charge is 0.263 e. The summed E-state index contributed by atoms with van der Waals surface area (Å²) < 4.78 is 28.9. The van der Waals surface area contributed by atoms with Gasteiger partial charge in [0.05, 0.1) is 16.9 Å². The van der Waals surface area contributed by atoms with Crippen molar-refractivity contribution in [2.45, 2.75) is 31.7 Å². The second kappa shape index (κ2) is 5.57. The van der Waals surface area contributed by atoms with E-state index >= 15 is 0 Å². The first-order valence-electron chi connectivity index (χ1n) is 6.33. The number of nitrogen functional groups attached to an aromatic ring is 1. The van der Waals surface area contributed by atoms with Gasteiger partial charge < -0.3 is 5.73 Å². The fourth-order valence-corrected chi connectivity index (χ4v) is 3.40. The van der Waals surface area contributed by atoms with Crippen LogP contribution in [0.5, 0.6) is 0 Å². The lowest BCUT2D eigenvalue weighted by Crippen LogP contribution is -2.14. The summed E-state index contributed by atoms with van der Waals surface area (Å²) in [6.07, 6.45) is 3.07. The van der Waals surface area contributed by atoms with Crippen molar-refractivity contribution in [3.8, 4) is 0 Å². The van der Waals surface area contributed by atoms with Crippen LogP contribution in [0.25, 0.3) is 0 Å². The van der Waals surface area contributed by atoms with Crippen molar-refractivity contribution >= 4 is 33.0 Å². The summed E-state index contributed by atoms with van der Waals surface area (Å²) in [6, 6.07) is 3.03. The lowest BCUT2D eigenvalue weighted by molar-refractivity contribution is 0.532. The summed E-state index contributed by atoms with van der Waals surface area (Å²) in [5.74, 6) is 0. The molecule has 0 bridgehead atoms.